The number of anilines is 1. The third kappa shape index (κ3) is 4.35. The first-order valence-corrected chi connectivity index (χ1v) is 9.87. The van der Waals surface area contributed by atoms with Gasteiger partial charge in [0, 0.05) is 32.9 Å². The van der Waals surface area contributed by atoms with Crippen LogP contribution in [0.4, 0.5) is 5.69 Å². The molecule has 1 aromatic carbocycles. The first-order chi connectivity index (χ1) is 12.5. The normalized spacial score (nSPS) is 14.9. The lowest BCUT2D eigenvalue weighted by Crippen LogP contribution is -2.36. The number of hydrogen-bond donors (Lipinski definition) is 0. The van der Waals surface area contributed by atoms with Crippen LogP contribution in [0.1, 0.15) is 38.3 Å². The van der Waals surface area contributed by atoms with Gasteiger partial charge in [-0.3, -0.25) is 4.79 Å². The van der Waals surface area contributed by atoms with E-state index in [1.807, 2.05) is 37.5 Å². The molecule has 1 saturated carbocycles. The number of carbonyl (C=O) groups is 1. The Balaban J connectivity index is 1.62. The van der Waals surface area contributed by atoms with Crippen LogP contribution in [0.25, 0.3) is 0 Å². The summed E-state index contributed by atoms with van der Waals surface area (Å²) in [5.41, 5.74) is 2.28. The Morgan fingerprint density at radius 1 is 1.31 bits per heavy atom. The van der Waals surface area contributed by atoms with Crippen molar-refractivity contribution in [2.24, 2.45) is 0 Å². The zero-order valence-corrected chi connectivity index (χ0v) is 16.6. The molecule has 0 saturated heterocycles. The Morgan fingerprint density at radius 2 is 2.00 bits per heavy atom. The molecule has 7 nitrogen and oxygen atoms in total. The van der Waals surface area contributed by atoms with E-state index in [1.54, 1.807) is 0 Å². The van der Waals surface area contributed by atoms with Crippen LogP contribution < -0.4 is 4.90 Å². The summed E-state index contributed by atoms with van der Waals surface area (Å²) in [6.45, 7) is 5.22. The molecule has 1 aliphatic carbocycles. The molecule has 140 valence electrons. The quantitative estimate of drug-likeness (QED) is 0.662. The van der Waals surface area contributed by atoms with Gasteiger partial charge in [0.15, 0.2) is 0 Å². The Kier molecular flexibility index (Phi) is 5.80. The number of benzene rings is 1. The van der Waals surface area contributed by atoms with E-state index in [-0.39, 0.29) is 11.2 Å². The van der Waals surface area contributed by atoms with Crippen LogP contribution >= 0.6 is 11.8 Å². The summed E-state index contributed by atoms with van der Waals surface area (Å²) in [6.07, 6.45) is 2.23. The fraction of sp³-hybridized carbons (Fsp3) is 0.556. The highest BCUT2D eigenvalue weighted by Gasteiger charge is 2.30. The maximum absolute atomic E-state index is 12.9. The van der Waals surface area contributed by atoms with Gasteiger partial charge in [0.2, 0.25) is 11.1 Å². The van der Waals surface area contributed by atoms with Gasteiger partial charge in [-0.25, -0.2) is 4.68 Å². The molecule has 0 spiro atoms. The molecule has 0 N–H and O–H groups in total. The van der Waals surface area contributed by atoms with Crippen LogP contribution in [0.5, 0.6) is 0 Å². The van der Waals surface area contributed by atoms with Crippen LogP contribution in [0.15, 0.2) is 29.4 Å². The predicted molar refractivity (Wildman–Crippen MR) is 103 cm³/mol. The van der Waals surface area contributed by atoms with E-state index in [0.717, 1.165) is 29.2 Å². The summed E-state index contributed by atoms with van der Waals surface area (Å²) in [4.78, 5) is 16.8. The first-order valence-electron chi connectivity index (χ1n) is 8.99. The summed E-state index contributed by atoms with van der Waals surface area (Å²) < 4.78 is 1.85. The van der Waals surface area contributed by atoms with E-state index < -0.39 is 0 Å². The molecule has 1 atom stereocenters. The average Bonchev–Trinajstić information content (AvgIpc) is 3.38. The van der Waals surface area contributed by atoms with Gasteiger partial charge in [-0.2, -0.15) is 0 Å². The summed E-state index contributed by atoms with van der Waals surface area (Å²) in [5.74, 6) is 0.111. The summed E-state index contributed by atoms with van der Waals surface area (Å²) in [5, 5.41) is 12.4. The van der Waals surface area contributed by atoms with Gasteiger partial charge in [-0.1, -0.05) is 23.9 Å². The van der Waals surface area contributed by atoms with E-state index in [0.29, 0.717) is 19.1 Å². The van der Waals surface area contributed by atoms with Crippen molar-refractivity contribution in [3.8, 4) is 0 Å². The molecule has 26 heavy (non-hydrogen) atoms. The highest BCUT2D eigenvalue weighted by Crippen LogP contribution is 2.37. The summed E-state index contributed by atoms with van der Waals surface area (Å²) in [6, 6.07) is 8.73. The molecule has 0 aliphatic heterocycles. The van der Waals surface area contributed by atoms with Crippen molar-refractivity contribution in [3.05, 3.63) is 29.8 Å². The van der Waals surface area contributed by atoms with Crippen molar-refractivity contribution in [1.29, 1.82) is 0 Å². The number of thioether (sulfide) groups is 1. The molecule has 3 rings (SSSR count). The highest BCUT2D eigenvalue weighted by atomic mass is 32.2. The predicted octanol–water partition coefficient (Wildman–Crippen LogP) is 2.60. The first kappa shape index (κ1) is 18.7. The lowest BCUT2D eigenvalue weighted by atomic mass is 10.2. The number of amides is 1. The van der Waals surface area contributed by atoms with Gasteiger partial charge in [0.25, 0.3) is 0 Å². The second-order valence-electron chi connectivity index (χ2n) is 6.81. The SMILES string of the molecule is CCN(Cc1ccc(N(C)C)cc1)C(=O)C(C)Sc1nnnn1C1CC1. The van der Waals surface area contributed by atoms with E-state index in [1.165, 1.54) is 11.8 Å². The number of carbonyl (C=O) groups excluding carboxylic acids is 1. The zero-order chi connectivity index (χ0) is 18.7. The van der Waals surface area contributed by atoms with Crippen LogP contribution in [-0.4, -0.2) is 56.9 Å². The molecule has 1 unspecified atom stereocenters. The topological polar surface area (TPSA) is 67.2 Å². The summed E-state index contributed by atoms with van der Waals surface area (Å²) in [7, 11) is 4.04. The zero-order valence-electron chi connectivity index (χ0n) is 15.8. The molecule has 8 heteroatoms. The van der Waals surface area contributed by atoms with Gasteiger partial charge in [0.1, 0.15) is 0 Å². The van der Waals surface area contributed by atoms with Crippen molar-refractivity contribution < 1.29 is 4.79 Å². The Labute approximate surface area is 158 Å². The molecule has 0 bridgehead atoms. The fourth-order valence-corrected chi connectivity index (χ4v) is 3.69. The van der Waals surface area contributed by atoms with Crippen LogP contribution in [0.2, 0.25) is 0 Å². The van der Waals surface area contributed by atoms with Crippen LogP contribution in [-0.2, 0) is 11.3 Å². The molecule has 1 aliphatic rings. The van der Waals surface area contributed by atoms with Gasteiger partial charge < -0.3 is 9.80 Å². The lowest BCUT2D eigenvalue weighted by molar-refractivity contribution is -0.130. The number of aromatic nitrogens is 4. The second kappa shape index (κ2) is 8.07. The average molecular weight is 375 g/mol. The maximum atomic E-state index is 12.9. The minimum Gasteiger partial charge on any atom is -0.378 e. The summed E-state index contributed by atoms with van der Waals surface area (Å²) >= 11 is 1.44. The highest BCUT2D eigenvalue weighted by molar-refractivity contribution is 8.00. The molecular formula is C18H26N6OS. The fourth-order valence-electron chi connectivity index (χ4n) is 2.74. The van der Waals surface area contributed by atoms with Crippen molar-refractivity contribution in [1.82, 2.24) is 25.1 Å². The van der Waals surface area contributed by atoms with Crippen molar-refractivity contribution in [2.75, 3.05) is 25.5 Å². The molecule has 0 radical (unpaired) electrons. The Hall–Kier alpha value is -2.09. The Bertz CT molecular complexity index is 740. The Morgan fingerprint density at radius 3 is 2.58 bits per heavy atom. The van der Waals surface area contributed by atoms with Gasteiger partial charge in [0.05, 0.1) is 11.3 Å². The molecule has 1 aromatic heterocycles. The van der Waals surface area contributed by atoms with Crippen molar-refractivity contribution in [2.45, 2.75) is 49.7 Å². The molecular weight excluding hydrogens is 348 g/mol. The van der Waals surface area contributed by atoms with Gasteiger partial charge >= 0.3 is 0 Å². The largest absolute Gasteiger partial charge is 0.378 e. The number of tetrazole rings is 1. The maximum Gasteiger partial charge on any atom is 0.236 e. The number of nitrogens with zero attached hydrogens (tertiary/aromatic N) is 6. The monoisotopic (exact) mass is 374 g/mol. The smallest absolute Gasteiger partial charge is 0.236 e. The third-order valence-corrected chi connectivity index (χ3v) is 5.54. The number of rotatable bonds is 8. The standard InChI is InChI=1S/C18H26N6OS/c1-5-23(12-14-6-8-15(9-7-14)22(3)4)17(25)13(2)26-18-19-20-21-24(18)16-10-11-16/h6-9,13,16H,5,10-12H2,1-4H3. The van der Waals surface area contributed by atoms with E-state index in [4.69, 9.17) is 0 Å². The van der Waals surface area contributed by atoms with Gasteiger partial charge in [-0.05, 0) is 54.8 Å². The second-order valence-corrected chi connectivity index (χ2v) is 8.12. The van der Waals surface area contributed by atoms with Crippen LogP contribution in [0, 0.1) is 0 Å². The van der Waals surface area contributed by atoms with Crippen molar-refractivity contribution >= 4 is 23.4 Å². The minimum absolute atomic E-state index is 0.111. The van der Waals surface area contributed by atoms with Gasteiger partial charge in [-0.15, -0.1) is 5.10 Å². The van der Waals surface area contributed by atoms with Crippen LogP contribution in [0.3, 0.4) is 0 Å². The third-order valence-electron chi connectivity index (χ3n) is 4.50. The number of hydrogen-bond acceptors (Lipinski definition) is 6. The molecule has 1 amide bonds. The van der Waals surface area contributed by atoms with E-state index in [9.17, 15) is 4.79 Å². The molecule has 1 fully saturated rings. The lowest BCUT2D eigenvalue weighted by Gasteiger charge is -2.24. The molecule has 1 heterocycles. The van der Waals surface area contributed by atoms with E-state index >= 15 is 0 Å². The van der Waals surface area contributed by atoms with Crippen molar-refractivity contribution in [3.63, 3.8) is 0 Å². The van der Waals surface area contributed by atoms with E-state index in [2.05, 4.69) is 44.7 Å². The minimum atomic E-state index is -0.223. The molecule has 2 aromatic rings.